The van der Waals surface area contributed by atoms with Gasteiger partial charge in [-0.15, -0.1) is 0 Å². The number of ether oxygens (including phenoxy) is 1. The van der Waals surface area contributed by atoms with E-state index in [2.05, 4.69) is 15.3 Å². The highest BCUT2D eigenvalue weighted by Gasteiger charge is 2.07. The highest BCUT2D eigenvalue weighted by atomic mass is 35.5. The zero-order valence-electron chi connectivity index (χ0n) is 15.1. The lowest BCUT2D eigenvalue weighted by atomic mass is 10.1. The summed E-state index contributed by atoms with van der Waals surface area (Å²) in [6.45, 7) is 6.50. The van der Waals surface area contributed by atoms with Crippen LogP contribution in [0.4, 0.5) is 0 Å². The summed E-state index contributed by atoms with van der Waals surface area (Å²) >= 11 is 6.12. The molecule has 26 heavy (non-hydrogen) atoms. The minimum absolute atomic E-state index is 0.00255. The zero-order valence-corrected chi connectivity index (χ0v) is 15.9. The van der Waals surface area contributed by atoms with E-state index in [1.807, 2.05) is 51.1 Å². The summed E-state index contributed by atoms with van der Waals surface area (Å²) in [6, 6.07) is 9.62. The smallest absolute Gasteiger partial charge is 0.257 e. The van der Waals surface area contributed by atoms with Crippen molar-refractivity contribution >= 4 is 28.5 Å². The van der Waals surface area contributed by atoms with Crippen LogP contribution in [0.3, 0.4) is 0 Å². The first-order valence-electron chi connectivity index (χ1n) is 8.54. The Morgan fingerprint density at radius 2 is 1.96 bits per heavy atom. The van der Waals surface area contributed by atoms with E-state index < -0.39 is 0 Å². The Bertz CT molecular complexity index is 911. The van der Waals surface area contributed by atoms with E-state index in [1.54, 1.807) is 0 Å². The SMILES string of the molecule is Cc1ccc(OCC(=O)NCCc2nc3cc(Cl)c(C)cc3[nH]2)cc1C. The molecule has 2 aromatic carbocycles. The maximum absolute atomic E-state index is 11.9. The second-order valence-electron chi connectivity index (χ2n) is 6.44. The molecule has 5 nitrogen and oxygen atoms in total. The second-order valence-corrected chi connectivity index (χ2v) is 6.84. The molecule has 136 valence electrons. The minimum Gasteiger partial charge on any atom is -0.484 e. The summed E-state index contributed by atoms with van der Waals surface area (Å²) in [5.41, 5.74) is 5.13. The van der Waals surface area contributed by atoms with Crippen LogP contribution in [-0.4, -0.2) is 29.0 Å². The number of H-pyrrole nitrogens is 1. The number of nitrogens with zero attached hydrogens (tertiary/aromatic N) is 1. The van der Waals surface area contributed by atoms with Gasteiger partial charge in [-0.3, -0.25) is 4.79 Å². The number of benzene rings is 2. The molecule has 1 aromatic heterocycles. The predicted octanol–water partition coefficient (Wildman–Crippen LogP) is 3.88. The number of imidazole rings is 1. The summed E-state index contributed by atoms with van der Waals surface area (Å²) in [6.07, 6.45) is 0.612. The number of carbonyl (C=O) groups is 1. The lowest BCUT2D eigenvalue weighted by Gasteiger charge is -2.08. The van der Waals surface area contributed by atoms with Crippen molar-refractivity contribution in [1.29, 1.82) is 0 Å². The standard InChI is InChI=1S/C20H22ClN3O2/c1-12-4-5-15(8-13(12)2)26-11-20(25)22-7-6-19-23-17-9-14(3)16(21)10-18(17)24-19/h4-5,8-10H,6-7,11H2,1-3H3,(H,22,25)(H,23,24). The number of rotatable bonds is 6. The number of carbonyl (C=O) groups excluding carboxylic acids is 1. The van der Waals surface area contributed by atoms with E-state index in [1.165, 1.54) is 5.56 Å². The summed E-state index contributed by atoms with van der Waals surface area (Å²) in [4.78, 5) is 19.7. The third-order valence-electron chi connectivity index (χ3n) is 4.34. The Morgan fingerprint density at radius 3 is 2.73 bits per heavy atom. The summed E-state index contributed by atoms with van der Waals surface area (Å²) in [7, 11) is 0. The lowest BCUT2D eigenvalue weighted by Crippen LogP contribution is -2.30. The molecule has 6 heteroatoms. The molecular weight excluding hydrogens is 350 g/mol. The second kappa shape index (κ2) is 7.79. The Hall–Kier alpha value is -2.53. The van der Waals surface area contributed by atoms with E-state index in [0.717, 1.165) is 28.0 Å². The molecule has 0 aliphatic heterocycles. The Kier molecular flexibility index (Phi) is 5.47. The van der Waals surface area contributed by atoms with Crippen molar-refractivity contribution in [1.82, 2.24) is 15.3 Å². The monoisotopic (exact) mass is 371 g/mol. The van der Waals surface area contributed by atoms with E-state index >= 15 is 0 Å². The molecule has 0 saturated heterocycles. The van der Waals surface area contributed by atoms with Crippen LogP contribution in [0.1, 0.15) is 22.5 Å². The van der Waals surface area contributed by atoms with Crippen molar-refractivity contribution in [2.75, 3.05) is 13.2 Å². The molecule has 3 rings (SSSR count). The van der Waals surface area contributed by atoms with E-state index in [4.69, 9.17) is 16.3 Å². The molecule has 1 amide bonds. The van der Waals surface area contributed by atoms with Gasteiger partial charge >= 0.3 is 0 Å². The molecule has 0 bridgehead atoms. The number of halogens is 1. The van der Waals surface area contributed by atoms with Crippen molar-refractivity contribution < 1.29 is 9.53 Å². The number of hydrogen-bond donors (Lipinski definition) is 2. The normalized spacial score (nSPS) is 10.9. The van der Waals surface area contributed by atoms with Crippen molar-refractivity contribution in [3.8, 4) is 5.75 Å². The molecule has 0 aliphatic carbocycles. The third-order valence-corrected chi connectivity index (χ3v) is 4.75. The summed E-state index contributed by atoms with van der Waals surface area (Å²) in [5.74, 6) is 1.36. The fourth-order valence-corrected chi connectivity index (χ4v) is 2.79. The molecule has 3 aromatic rings. The van der Waals surface area contributed by atoms with Gasteiger partial charge in [0.05, 0.1) is 11.0 Å². The van der Waals surface area contributed by atoms with Crippen LogP contribution in [0.15, 0.2) is 30.3 Å². The van der Waals surface area contributed by atoms with Crippen LogP contribution < -0.4 is 10.1 Å². The van der Waals surface area contributed by atoms with Crippen molar-refractivity contribution in [2.24, 2.45) is 0 Å². The predicted molar refractivity (Wildman–Crippen MR) is 104 cm³/mol. The average Bonchev–Trinajstić information content (AvgIpc) is 2.98. The number of hydrogen-bond acceptors (Lipinski definition) is 3. The van der Waals surface area contributed by atoms with Crippen LogP contribution in [-0.2, 0) is 11.2 Å². The highest BCUT2D eigenvalue weighted by molar-refractivity contribution is 6.32. The van der Waals surface area contributed by atoms with Gasteiger partial charge in [0.2, 0.25) is 0 Å². The molecule has 0 saturated carbocycles. The number of aromatic nitrogens is 2. The van der Waals surface area contributed by atoms with Crippen molar-refractivity contribution in [3.05, 3.63) is 57.9 Å². The number of aryl methyl sites for hydroxylation is 3. The summed E-state index contributed by atoms with van der Waals surface area (Å²) < 4.78 is 5.53. The molecule has 0 spiro atoms. The molecule has 1 heterocycles. The van der Waals surface area contributed by atoms with Crippen LogP contribution in [0.2, 0.25) is 5.02 Å². The van der Waals surface area contributed by atoms with Crippen LogP contribution in [0.25, 0.3) is 11.0 Å². The van der Waals surface area contributed by atoms with Gasteiger partial charge in [0.25, 0.3) is 5.91 Å². The van der Waals surface area contributed by atoms with Crippen LogP contribution in [0, 0.1) is 20.8 Å². The topological polar surface area (TPSA) is 67.0 Å². The number of fused-ring (bicyclic) bond motifs is 1. The molecule has 0 unspecified atom stereocenters. The quantitative estimate of drug-likeness (QED) is 0.691. The number of aromatic amines is 1. The van der Waals surface area contributed by atoms with Gasteiger partial charge in [-0.1, -0.05) is 17.7 Å². The van der Waals surface area contributed by atoms with Gasteiger partial charge in [0.1, 0.15) is 11.6 Å². The highest BCUT2D eigenvalue weighted by Crippen LogP contribution is 2.22. The fraction of sp³-hybridized carbons (Fsp3) is 0.300. The van der Waals surface area contributed by atoms with Gasteiger partial charge in [-0.25, -0.2) is 4.98 Å². The Labute approximate surface area is 157 Å². The van der Waals surface area contributed by atoms with Crippen molar-refractivity contribution in [3.63, 3.8) is 0 Å². The molecular formula is C20H22ClN3O2. The molecule has 2 N–H and O–H groups in total. The molecule has 0 fully saturated rings. The average molecular weight is 372 g/mol. The maximum atomic E-state index is 11.9. The van der Waals surface area contributed by atoms with Gasteiger partial charge < -0.3 is 15.0 Å². The van der Waals surface area contributed by atoms with Gasteiger partial charge in [-0.2, -0.15) is 0 Å². The van der Waals surface area contributed by atoms with E-state index in [-0.39, 0.29) is 12.5 Å². The first-order valence-corrected chi connectivity index (χ1v) is 8.91. The molecule has 0 aliphatic rings. The first-order chi connectivity index (χ1) is 12.4. The number of amides is 1. The van der Waals surface area contributed by atoms with Gasteiger partial charge in [-0.05, 0) is 61.7 Å². The van der Waals surface area contributed by atoms with Crippen LogP contribution >= 0.6 is 11.6 Å². The molecule has 0 atom stereocenters. The van der Waals surface area contributed by atoms with E-state index in [9.17, 15) is 4.79 Å². The Balaban J connectivity index is 1.48. The lowest BCUT2D eigenvalue weighted by molar-refractivity contribution is -0.123. The molecule has 0 radical (unpaired) electrons. The zero-order chi connectivity index (χ0) is 18.7. The Morgan fingerprint density at radius 1 is 1.15 bits per heavy atom. The summed E-state index contributed by atoms with van der Waals surface area (Å²) in [5, 5.41) is 3.55. The van der Waals surface area contributed by atoms with Gasteiger partial charge in [0.15, 0.2) is 6.61 Å². The minimum atomic E-state index is -0.154. The van der Waals surface area contributed by atoms with E-state index in [0.29, 0.717) is 23.7 Å². The fourth-order valence-electron chi connectivity index (χ4n) is 2.63. The first kappa shape index (κ1) is 18.3. The largest absolute Gasteiger partial charge is 0.484 e. The van der Waals surface area contributed by atoms with Gasteiger partial charge in [0, 0.05) is 18.0 Å². The third kappa shape index (κ3) is 4.35. The van der Waals surface area contributed by atoms with Crippen LogP contribution in [0.5, 0.6) is 5.75 Å². The number of nitrogens with one attached hydrogen (secondary N) is 2. The van der Waals surface area contributed by atoms with Crippen molar-refractivity contribution in [2.45, 2.75) is 27.2 Å². The maximum Gasteiger partial charge on any atom is 0.257 e.